The fourth-order valence-electron chi connectivity index (χ4n) is 2.84. The van der Waals surface area contributed by atoms with Crippen LogP contribution in [0.3, 0.4) is 0 Å². The van der Waals surface area contributed by atoms with E-state index in [2.05, 4.69) is 19.9 Å². The van der Waals surface area contributed by atoms with Gasteiger partial charge in [0.1, 0.15) is 5.41 Å². The molecule has 3 heteroatoms. The van der Waals surface area contributed by atoms with Gasteiger partial charge in [-0.2, -0.15) is 5.26 Å². The second kappa shape index (κ2) is 5.05. The van der Waals surface area contributed by atoms with E-state index in [1.807, 2.05) is 24.3 Å². The summed E-state index contributed by atoms with van der Waals surface area (Å²) in [5.41, 5.74) is 1.31. The quantitative estimate of drug-likeness (QED) is 0.833. The molecule has 0 aromatic heterocycles. The lowest BCUT2D eigenvalue weighted by Crippen LogP contribution is -2.48. The van der Waals surface area contributed by atoms with Gasteiger partial charge in [0.15, 0.2) is 0 Å². The molecule has 3 nitrogen and oxygen atoms in total. The molecule has 100 valence electrons. The normalized spacial score (nSPS) is 25.3. The summed E-state index contributed by atoms with van der Waals surface area (Å²) in [5.74, 6) is 0.400. The van der Waals surface area contributed by atoms with Gasteiger partial charge < -0.3 is 4.90 Å². The van der Waals surface area contributed by atoms with Gasteiger partial charge in [0.25, 0.3) is 0 Å². The summed E-state index contributed by atoms with van der Waals surface area (Å²) in [4.78, 5) is 14.1. The number of rotatable bonds is 3. The highest BCUT2D eigenvalue weighted by Gasteiger charge is 2.50. The number of nitriles is 1. The third kappa shape index (κ3) is 2.35. The van der Waals surface area contributed by atoms with Gasteiger partial charge in [-0.05, 0) is 42.9 Å². The topological polar surface area (TPSA) is 44.1 Å². The maximum Gasteiger partial charge on any atom is 0.247 e. The molecule has 1 fully saturated rings. The van der Waals surface area contributed by atoms with Crippen molar-refractivity contribution in [2.24, 2.45) is 11.3 Å². The first kappa shape index (κ1) is 13.6. The molecule has 1 aliphatic rings. The number of hydrogen-bond donors (Lipinski definition) is 0. The lowest BCUT2D eigenvalue weighted by Gasteiger charge is -2.41. The SMILES string of the molecule is CCc1ccc(N(C)C(=O)C2(C#N)CC(C)C2)cc1. The molecule has 0 bridgehead atoms. The lowest BCUT2D eigenvalue weighted by atomic mass is 9.63. The fraction of sp³-hybridized carbons (Fsp3) is 0.500. The van der Waals surface area contributed by atoms with Crippen molar-refractivity contribution < 1.29 is 4.79 Å². The Morgan fingerprint density at radius 3 is 2.42 bits per heavy atom. The van der Waals surface area contributed by atoms with Crippen molar-refractivity contribution in [1.29, 1.82) is 5.26 Å². The van der Waals surface area contributed by atoms with E-state index in [0.29, 0.717) is 18.8 Å². The molecular weight excluding hydrogens is 236 g/mol. The van der Waals surface area contributed by atoms with Crippen LogP contribution in [0.25, 0.3) is 0 Å². The van der Waals surface area contributed by atoms with Gasteiger partial charge in [-0.25, -0.2) is 0 Å². The molecule has 2 rings (SSSR count). The maximum atomic E-state index is 12.5. The molecule has 0 N–H and O–H groups in total. The lowest BCUT2D eigenvalue weighted by molar-refractivity contribution is -0.130. The minimum atomic E-state index is -0.794. The highest BCUT2D eigenvalue weighted by Crippen LogP contribution is 2.46. The Morgan fingerprint density at radius 1 is 1.42 bits per heavy atom. The van der Waals surface area contributed by atoms with E-state index in [1.54, 1.807) is 11.9 Å². The zero-order valence-electron chi connectivity index (χ0n) is 11.8. The van der Waals surface area contributed by atoms with Crippen LogP contribution in [0.15, 0.2) is 24.3 Å². The van der Waals surface area contributed by atoms with E-state index in [4.69, 9.17) is 0 Å². The van der Waals surface area contributed by atoms with Crippen LogP contribution in [0.1, 0.15) is 32.3 Å². The second-order valence-electron chi connectivity index (χ2n) is 5.59. The molecule has 0 spiro atoms. The smallest absolute Gasteiger partial charge is 0.247 e. The Labute approximate surface area is 114 Å². The Balaban J connectivity index is 2.17. The Morgan fingerprint density at radius 2 is 2.00 bits per heavy atom. The third-order valence-corrected chi connectivity index (χ3v) is 4.05. The molecule has 0 atom stereocenters. The molecular formula is C16H20N2O. The van der Waals surface area contributed by atoms with E-state index in [-0.39, 0.29) is 5.91 Å². The predicted octanol–water partition coefficient (Wildman–Crippen LogP) is 3.15. The first-order valence-corrected chi connectivity index (χ1v) is 6.81. The van der Waals surface area contributed by atoms with Crippen molar-refractivity contribution in [2.45, 2.75) is 33.1 Å². The number of nitrogens with zero attached hydrogens (tertiary/aromatic N) is 2. The maximum absolute atomic E-state index is 12.5. The number of carbonyl (C=O) groups excluding carboxylic acids is 1. The zero-order valence-corrected chi connectivity index (χ0v) is 11.8. The summed E-state index contributed by atoms with van der Waals surface area (Å²) in [7, 11) is 1.76. The largest absolute Gasteiger partial charge is 0.314 e. The number of aryl methyl sites for hydroxylation is 1. The summed E-state index contributed by atoms with van der Waals surface area (Å²) < 4.78 is 0. The molecule has 0 saturated heterocycles. The van der Waals surface area contributed by atoms with Crippen LogP contribution in [0.5, 0.6) is 0 Å². The third-order valence-electron chi connectivity index (χ3n) is 4.05. The number of hydrogen-bond acceptors (Lipinski definition) is 2. The Hall–Kier alpha value is -1.82. The molecule has 1 aromatic carbocycles. The predicted molar refractivity (Wildman–Crippen MR) is 75.7 cm³/mol. The minimum absolute atomic E-state index is 0.0719. The summed E-state index contributed by atoms with van der Waals surface area (Å²) in [6, 6.07) is 10.2. The van der Waals surface area contributed by atoms with Gasteiger partial charge in [-0.15, -0.1) is 0 Å². The average Bonchev–Trinajstić information content (AvgIpc) is 2.42. The summed E-state index contributed by atoms with van der Waals surface area (Å²) >= 11 is 0. The molecule has 1 aromatic rings. The van der Waals surface area contributed by atoms with E-state index in [9.17, 15) is 10.1 Å². The minimum Gasteiger partial charge on any atom is -0.314 e. The average molecular weight is 256 g/mol. The number of amides is 1. The van der Waals surface area contributed by atoms with Gasteiger partial charge >= 0.3 is 0 Å². The van der Waals surface area contributed by atoms with Crippen LogP contribution in [-0.2, 0) is 11.2 Å². The van der Waals surface area contributed by atoms with Crippen molar-refractivity contribution >= 4 is 11.6 Å². The van der Waals surface area contributed by atoms with Crippen molar-refractivity contribution in [1.82, 2.24) is 0 Å². The van der Waals surface area contributed by atoms with Crippen molar-refractivity contribution in [3.8, 4) is 6.07 Å². The van der Waals surface area contributed by atoms with E-state index in [0.717, 1.165) is 12.1 Å². The molecule has 0 aliphatic heterocycles. The second-order valence-corrected chi connectivity index (χ2v) is 5.59. The summed E-state index contributed by atoms with van der Waals surface area (Å²) in [6.45, 7) is 4.18. The van der Waals surface area contributed by atoms with Crippen LogP contribution in [0, 0.1) is 22.7 Å². The molecule has 0 radical (unpaired) electrons. The Bertz CT molecular complexity index is 507. The summed E-state index contributed by atoms with van der Waals surface area (Å²) in [6.07, 6.45) is 2.34. The first-order valence-electron chi connectivity index (χ1n) is 6.81. The molecule has 1 saturated carbocycles. The van der Waals surface area contributed by atoms with Crippen molar-refractivity contribution in [3.05, 3.63) is 29.8 Å². The monoisotopic (exact) mass is 256 g/mol. The van der Waals surface area contributed by atoms with Crippen LogP contribution in [-0.4, -0.2) is 13.0 Å². The highest BCUT2D eigenvalue weighted by atomic mass is 16.2. The number of anilines is 1. The van der Waals surface area contributed by atoms with Gasteiger partial charge in [0, 0.05) is 12.7 Å². The van der Waals surface area contributed by atoms with Crippen LogP contribution in [0.4, 0.5) is 5.69 Å². The van der Waals surface area contributed by atoms with E-state index in [1.165, 1.54) is 5.56 Å². The molecule has 1 aliphatic carbocycles. The van der Waals surface area contributed by atoms with Gasteiger partial charge in [0.05, 0.1) is 6.07 Å². The number of carbonyl (C=O) groups is 1. The van der Waals surface area contributed by atoms with Gasteiger partial charge in [0.2, 0.25) is 5.91 Å². The molecule has 19 heavy (non-hydrogen) atoms. The van der Waals surface area contributed by atoms with Crippen LogP contribution in [0.2, 0.25) is 0 Å². The van der Waals surface area contributed by atoms with E-state index >= 15 is 0 Å². The van der Waals surface area contributed by atoms with Crippen LogP contribution < -0.4 is 4.90 Å². The summed E-state index contributed by atoms with van der Waals surface area (Å²) in [5, 5.41) is 9.31. The number of benzene rings is 1. The molecule has 0 heterocycles. The van der Waals surface area contributed by atoms with E-state index < -0.39 is 5.41 Å². The fourth-order valence-corrected chi connectivity index (χ4v) is 2.84. The van der Waals surface area contributed by atoms with Crippen molar-refractivity contribution in [3.63, 3.8) is 0 Å². The van der Waals surface area contributed by atoms with Crippen LogP contribution >= 0.6 is 0 Å². The van der Waals surface area contributed by atoms with Gasteiger partial charge in [-0.1, -0.05) is 26.0 Å². The molecule has 0 unspecified atom stereocenters. The Kier molecular flexibility index (Phi) is 3.61. The zero-order chi connectivity index (χ0) is 14.0. The standard InChI is InChI=1S/C16H20N2O/c1-4-13-5-7-14(8-6-13)18(3)15(19)16(11-17)9-12(2)10-16/h5-8,12H,4,9-10H2,1-3H3. The van der Waals surface area contributed by atoms with Crippen molar-refractivity contribution in [2.75, 3.05) is 11.9 Å². The van der Waals surface area contributed by atoms with Gasteiger partial charge in [-0.3, -0.25) is 4.79 Å². The first-order chi connectivity index (χ1) is 9.02. The highest BCUT2D eigenvalue weighted by molar-refractivity contribution is 5.99. The molecule has 1 amide bonds.